The van der Waals surface area contributed by atoms with Crippen molar-refractivity contribution in [2.75, 3.05) is 12.3 Å². The third-order valence-electron chi connectivity index (χ3n) is 5.25. The Morgan fingerprint density at radius 1 is 1.06 bits per heavy atom. The first-order valence-electron chi connectivity index (χ1n) is 11.1. The topological polar surface area (TPSA) is 49.4 Å². The van der Waals surface area contributed by atoms with Crippen molar-refractivity contribution in [1.29, 1.82) is 0 Å². The highest BCUT2D eigenvalue weighted by molar-refractivity contribution is 7.99. The van der Waals surface area contributed by atoms with Gasteiger partial charge >= 0.3 is 0 Å². The van der Waals surface area contributed by atoms with E-state index < -0.39 is 6.04 Å². The number of amides is 2. The molecule has 0 bridgehead atoms. The summed E-state index contributed by atoms with van der Waals surface area (Å²) in [6.07, 6.45) is 0.587. The number of aryl methyl sites for hydroxylation is 2. The Morgan fingerprint density at radius 3 is 2.45 bits per heavy atom. The van der Waals surface area contributed by atoms with Crippen molar-refractivity contribution in [3.05, 3.63) is 70.8 Å². The molecule has 0 aliphatic heterocycles. The average molecular weight is 441 g/mol. The second kappa shape index (κ2) is 12.6. The minimum atomic E-state index is -0.467. The van der Waals surface area contributed by atoms with Crippen LogP contribution in [0.15, 0.2) is 48.5 Å². The van der Waals surface area contributed by atoms with E-state index in [9.17, 15) is 9.59 Å². The summed E-state index contributed by atoms with van der Waals surface area (Å²) in [7, 11) is 0. The molecule has 1 N–H and O–H groups in total. The predicted molar refractivity (Wildman–Crippen MR) is 131 cm³/mol. The predicted octanol–water partition coefficient (Wildman–Crippen LogP) is 5.12. The van der Waals surface area contributed by atoms with Crippen LogP contribution in [0.1, 0.15) is 49.4 Å². The van der Waals surface area contributed by atoms with Gasteiger partial charge in [0, 0.05) is 18.8 Å². The summed E-state index contributed by atoms with van der Waals surface area (Å²) >= 11 is 1.60. The maximum absolute atomic E-state index is 13.3. The standard InChI is InChI=1S/C26H36N2O2S/c1-6-24(26(30)27-15-19(2)3)28(16-23-13-8-7-11-21(23)5)25(29)18-31-17-22-12-9-10-20(4)14-22/h7-14,19,24H,6,15-18H2,1-5H3,(H,27,30). The molecule has 2 rings (SSSR count). The minimum Gasteiger partial charge on any atom is -0.354 e. The molecule has 0 saturated carbocycles. The zero-order chi connectivity index (χ0) is 22.8. The Bertz CT molecular complexity index is 866. The number of nitrogens with one attached hydrogen (secondary N) is 1. The van der Waals surface area contributed by atoms with Gasteiger partial charge in [0.25, 0.3) is 0 Å². The van der Waals surface area contributed by atoms with Gasteiger partial charge in [-0.1, -0.05) is 74.9 Å². The first-order valence-corrected chi connectivity index (χ1v) is 12.2. The molecule has 2 aromatic rings. The molecular formula is C26H36N2O2S. The maximum atomic E-state index is 13.3. The van der Waals surface area contributed by atoms with E-state index in [1.54, 1.807) is 16.7 Å². The van der Waals surface area contributed by atoms with Gasteiger partial charge in [-0.2, -0.15) is 0 Å². The highest BCUT2D eigenvalue weighted by Gasteiger charge is 2.28. The van der Waals surface area contributed by atoms with Gasteiger partial charge in [-0.25, -0.2) is 0 Å². The van der Waals surface area contributed by atoms with Crippen LogP contribution in [0.3, 0.4) is 0 Å². The number of hydrogen-bond donors (Lipinski definition) is 1. The van der Waals surface area contributed by atoms with Crippen LogP contribution in [0.5, 0.6) is 0 Å². The molecule has 0 radical (unpaired) electrons. The average Bonchev–Trinajstić information content (AvgIpc) is 2.73. The Morgan fingerprint density at radius 2 is 1.81 bits per heavy atom. The number of carbonyl (C=O) groups is 2. The van der Waals surface area contributed by atoms with Crippen LogP contribution in [0.4, 0.5) is 0 Å². The zero-order valence-electron chi connectivity index (χ0n) is 19.5. The Balaban J connectivity index is 2.13. The molecular weight excluding hydrogens is 404 g/mol. The molecule has 0 saturated heterocycles. The van der Waals surface area contributed by atoms with Crippen LogP contribution in [0, 0.1) is 19.8 Å². The van der Waals surface area contributed by atoms with Crippen molar-refractivity contribution >= 4 is 23.6 Å². The van der Waals surface area contributed by atoms with Crippen LogP contribution >= 0.6 is 11.8 Å². The summed E-state index contributed by atoms with van der Waals surface area (Å²) < 4.78 is 0. The van der Waals surface area contributed by atoms with E-state index >= 15 is 0 Å². The van der Waals surface area contributed by atoms with Gasteiger partial charge in [-0.3, -0.25) is 9.59 Å². The van der Waals surface area contributed by atoms with E-state index in [0.717, 1.165) is 16.9 Å². The van der Waals surface area contributed by atoms with Gasteiger partial charge < -0.3 is 10.2 Å². The van der Waals surface area contributed by atoms with Crippen molar-refractivity contribution in [1.82, 2.24) is 10.2 Å². The monoisotopic (exact) mass is 440 g/mol. The lowest BCUT2D eigenvalue weighted by Crippen LogP contribution is -2.50. The van der Waals surface area contributed by atoms with Crippen molar-refractivity contribution in [2.24, 2.45) is 5.92 Å². The molecule has 168 valence electrons. The minimum absolute atomic E-state index is 0.00690. The largest absolute Gasteiger partial charge is 0.354 e. The molecule has 0 heterocycles. The van der Waals surface area contributed by atoms with Crippen molar-refractivity contribution in [3.63, 3.8) is 0 Å². The van der Waals surface area contributed by atoms with Crippen LogP contribution in [-0.2, 0) is 21.9 Å². The summed E-state index contributed by atoms with van der Waals surface area (Å²) in [5, 5.41) is 3.02. The molecule has 5 heteroatoms. The number of carbonyl (C=O) groups excluding carboxylic acids is 2. The van der Waals surface area contributed by atoms with Gasteiger partial charge in [0.15, 0.2) is 0 Å². The number of thioether (sulfide) groups is 1. The van der Waals surface area contributed by atoms with E-state index in [1.807, 2.05) is 44.2 Å². The summed E-state index contributed by atoms with van der Waals surface area (Å²) in [4.78, 5) is 28.0. The van der Waals surface area contributed by atoms with E-state index in [1.165, 1.54) is 11.1 Å². The molecule has 0 aromatic heterocycles. The lowest BCUT2D eigenvalue weighted by Gasteiger charge is -2.31. The first kappa shape index (κ1) is 25.0. The smallest absolute Gasteiger partial charge is 0.242 e. The number of rotatable bonds is 11. The van der Waals surface area contributed by atoms with Crippen molar-refractivity contribution < 1.29 is 9.59 Å². The summed E-state index contributed by atoms with van der Waals surface area (Å²) in [5.74, 6) is 1.44. The van der Waals surface area contributed by atoms with Gasteiger partial charge in [-0.05, 0) is 42.9 Å². The number of nitrogens with zero attached hydrogens (tertiary/aromatic N) is 1. The molecule has 2 aromatic carbocycles. The Hall–Kier alpha value is -2.27. The van der Waals surface area contributed by atoms with Crippen molar-refractivity contribution in [2.45, 2.75) is 59.4 Å². The fourth-order valence-electron chi connectivity index (χ4n) is 3.45. The lowest BCUT2D eigenvalue weighted by molar-refractivity contribution is -0.139. The molecule has 1 unspecified atom stereocenters. The lowest BCUT2D eigenvalue weighted by atomic mass is 10.1. The summed E-state index contributed by atoms with van der Waals surface area (Å²) in [6.45, 7) is 11.3. The molecule has 0 spiro atoms. The second-order valence-electron chi connectivity index (χ2n) is 8.49. The van der Waals surface area contributed by atoms with E-state index in [2.05, 4.69) is 44.3 Å². The van der Waals surface area contributed by atoms with Crippen LogP contribution in [0.25, 0.3) is 0 Å². The fraction of sp³-hybridized carbons (Fsp3) is 0.462. The second-order valence-corrected chi connectivity index (χ2v) is 9.48. The molecule has 1 atom stereocenters. The Kier molecular flexibility index (Phi) is 10.1. The normalized spacial score (nSPS) is 11.9. The van der Waals surface area contributed by atoms with Crippen LogP contribution in [0.2, 0.25) is 0 Å². The SMILES string of the molecule is CCC(C(=O)NCC(C)C)N(Cc1ccccc1C)C(=O)CSCc1cccc(C)c1. The number of benzene rings is 2. The van der Waals surface area contributed by atoms with Gasteiger partial charge in [-0.15, -0.1) is 11.8 Å². The Labute approximate surface area is 191 Å². The summed E-state index contributed by atoms with van der Waals surface area (Å²) in [5.41, 5.74) is 4.64. The molecule has 0 aliphatic rings. The molecule has 2 amide bonds. The highest BCUT2D eigenvalue weighted by atomic mass is 32.2. The quantitative estimate of drug-likeness (QED) is 0.528. The first-order chi connectivity index (χ1) is 14.8. The maximum Gasteiger partial charge on any atom is 0.242 e. The molecule has 0 fully saturated rings. The van der Waals surface area contributed by atoms with Crippen molar-refractivity contribution in [3.8, 4) is 0 Å². The summed E-state index contributed by atoms with van der Waals surface area (Å²) in [6, 6.07) is 15.9. The van der Waals surface area contributed by atoms with E-state index in [0.29, 0.717) is 31.2 Å². The highest BCUT2D eigenvalue weighted by Crippen LogP contribution is 2.19. The molecule has 31 heavy (non-hydrogen) atoms. The third kappa shape index (κ3) is 8.06. The number of hydrogen-bond acceptors (Lipinski definition) is 3. The third-order valence-corrected chi connectivity index (χ3v) is 6.24. The van der Waals surface area contributed by atoms with E-state index in [4.69, 9.17) is 0 Å². The fourth-order valence-corrected chi connectivity index (χ4v) is 4.31. The zero-order valence-corrected chi connectivity index (χ0v) is 20.3. The van der Waals surface area contributed by atoms with Gasteiger partial charge in [0.05, 0.1) is 5.75 Å². The van der Waals surface area contributed by atoms with Crippen LogP contribution in [-0.4, -0.2) is 35.1 Å². The van der Waals surface area contributed by atoms with Gasteiger partial charge in [0.2, 0.25) is 11.8 Å². The molecule has 4 nitrogen and oxygen atoms in total. The van der Waals surface area contributed by atoms with Gasteiger partial charge in [0.1, 0.15) is 6.04 Å². The van der Waals surface area contributed by atoms with Crippen LogP contribution < -0.4 is 5.32 Å². The van der Waals surface area contributed by atoms with E-state index in [-0.39, 0.29) is 11.8 Å². The molecule has 0 aliphatic carbocycles.